The number of anilines is 1. The molecule has 2 unspecified atom stereocenters. The molecule has 5 rings (SSSR count). The van der Waals surface area contributed by atoms with Crippen molar-refractivity contribution in [3.63, 3.8) is 0 Å². The molecule has 2 aliphatic heterocycles. The van der Waals surface area contributed by atoms with E-state index in [0.29, 0.717) is 12.0 Å². The summed E-state index contributed by atoms with van der Waals surface area (Å²) in [6.45, 7) is 5.50. The molecule has 3 aromatic rings. The number of pyridine rings is 1. The molecular formula is C26H27N3. The van der Waals surface area contributed by atoms with Gasteiger partial charge in [-0.3, -0.25) is 9.88 Å². The van der Waals surface area contributed by atoms with Gasteiger partial charge in [-0.2, -0.15) is 0 Å². The molecular weight excluding hydrogens is 354 g/mol. The average Bonchev–Trinajstić information content (AvgIpc) is 3.06. The maximum absolute atomic E-state index is 4.24. The number of hydrogen-bond acceptors (Lipinski definition) is 3. The molecule has 1 fully saturated rings. The average molecular weight is 382 g/mol. The number of aromatic nitrogens is 1. The summed E-state index contributed by atoms with van der Waals surface area (Å²) in [5.41, 5.74) is 6.77. The molecule has 3 heteroatoms. The Bertz CT molecular complexity index is 997. The van der Waals surface area contributed by atoms with Crippen LogP contribution in [0.2, 0.25) is 0 Å². The molecule has 0 amide bonds. The van der Waals surface area contributed by atoms with Crippen LogP contribution in [0, 0.1) is 6.92 Å². The van der Waals surface area contributed by atoms with Crippen LogP contribution in [0.1, 0.15) is 34.6 Å². The van der Waals surface area contributed by atoms with Gasteiger partial charge < -0.3 is 4.90 Å². The van der Waals surface area contributed by atoms with Crippen LogP contribution in [0.3, 0.4) is 0 Å². The fourth-order valence-corrected chi connectivity index (χ4v) is 4.85. The number of rotatable bonds is 4. The van der Waals surface area contributed by atoms with Crippen LogP contribution in [0.25, 0.3) is 6.08 Å². The van der Waals surface area contributed by atoms with Crippen molar-refractivity contribution in [3.05, 3.63) is 102 Å². The number of aryl methyl sites for hydroxylation is 1. The first-order chi connectivity index (χ1) is 14.3. The van der Waals surface area contributed by atoms with Gasteiger partial charge in [0.25, 0.3) is 0 Å². The second-order valence-corrected chi connectivity index (χ2v) is 8.25. The Morgan fingerprint density at radius 3 is 2.79 bits per heavy atom. The van der Waals surface area contributed by atoms with E-state index in [1.807, 2.05) is 18.5 Å². The van der Waals surface area contributed by atoms with E-state index < -0.39 is 0 Å². The van der Waals surface area contributed by atoms with E-state index in [-0.39, 0.29) is 0 Å². The molecule has 1 saturated heterocycles. The molecule has 3 nitrogen and oxygen atoms in total. The van der Waals surface area contributed by atoms with E-state index in [2.05, 4.69) is 88.6 Å². The van der Waals surface area contributed by atoms with Crippen LogP contribution in [-0.4, -0.2) is 29.0 Å². The van der Waals surface area contributed by atoms with Gasteiger partial charge >= 0.3 is 0 Å². The van der Waals surface area contributed by atoms with Gasteiger partial charge in [0.1, 0.15) is 0 Å². The largest absolute Gasteiger partial charge is 0.344 e. The van der Waals surface area contributed by atoms with Crippen LogP contribution in [0.15, 0.2) is 79.3 Å². The summed E-state index contributed by atoms with van der Waals surface area (Å²) in [6, 6.07) is 22.4. The van der Waals surface area contributed by atoms with Gasteiger partial charge in [-0.25, -0.2) is 0 Å². The second-order valence-electron chi connectivity index (χ2n) is 8.25. The van der Waals surface area contributed by atoms with E-state index in [9.17, 15) is 0 Å². The Labute approximate surface area is 173 Å². The van der Waals surface area contributed by atoms with Crippen molar-refractivity contribution in [1.29, 1.82) is 0 Å². The highest BCUT2D eigenvalue weighted by atomic mass is 15.2. The first kappa shape index (κ1) is 18.1. The molecule has 0 spiro atoms. The Kier molecular flexibility index (Phi) is 4.91. The zero-order valence-corrected chi connectivity index (χ0v) is 16.9. The third-order valence-corrected chi connectivity index (χ3v) is 6.24. The molecule has 2 aliphatic rings. The lowest BCUT2D eigenvalue weighted by Crippen LogP contribution is -2.44. The van der Waals surface area contributed by atoms with Crippen molar-refractivity contribution in [2.24, 2.45) is 0 Å². The summed E-state index contributed by atoms with van der Waals surface area (Å²) in [6.07, 6.45) is 9.38. The number of likely N-dealkylation sites (tertiary alicyclic amines) is 1. The SMILES string of the molecule is Cc1ccc2c(c1)C1CN(Cc3ccccc3)CCC1N2/C=C\c1cccnc1. The van der Waals surface area contributed by atoms with Crippen LogP contribution in [0.5, 0.6) is 0 Å². The summed E-state index contributed by atoms with van der Waals surface area (Å²) in [5, 5.41) is 0. The lowest BCUT2D eigenvalue weighted by atomic mass is 9.88. The van der Waals surface area contributed by atoms with Crippen LogP contribution >= 0.6 is 0 Å². The van der Waals surface area contributed by atoms with Crippen molar-refractivity contribution in [2.45, 2.75) is 31.8 Å². The monoisotopic (exact) mass is 381 g/mol. The first-order valence-electron chi connectivity index (χ1n) is 10.5. The van der Waals surface area contributed by atoms with Gasteiger partial charge in [-0.15, -0.1) is 0 Å². The molecule has 0 N–H and O–H groups in total. The maximum atomic E-state index is 4.24. The fraction of sp³-hybridized carbons (Fsp3) is 0.269. The highest BCUT2D eigenvalue weighted by molar-refractivity contribution is 5.67. The van der Waals surface area contributed by atoms with E-state index in [1.165, 1.54) is 28.8 Å². The third-order valence-electron chi connectivity index (χ3n) is 6.24. The molecule has 0 bridgehead atoms. The minimum atomic E-state index is 0.534. The summed E-state index contributed by atoms with van der Waals surface area (Å²) in [4.78, 5) is 9.37. The highest BCUT2D eigenvalue weighted by Gasteiger charge is 2.41. The standard InChI is InChI=1S/C26H27N3/c1-20-9-10-25-23(16-20)24-19-28(18-22-6-3-2-4-7-22)14-12-26(24)29(25)15-11-21-8-5-13-27-17-21/h2-11,13,15-17,24,26H,12,14,18-19H2,1H3/b15-11-. The maximum Gasteiger partial charge on any atom is 0.0445 e. The zero-order valence-electron chi connectivity index (χ0n) is 16.9. The van der Waals surface area contributed by atoms with E-state index >= 15 is 0 Å². The number of benzene rings is 2. The number of fused-ring (bicyclic) bond motifs is 3. The quantitative estimate of drug-likeness (QED) is 0.616. The second kappa shape index (κ2) is 7.84. The third kappa shape index (κ3) is 3.70. The van der Waals surface area contributed by atoms with E-state index in [4.69, 9.17) is 0 Å². The predicted molar refractivity (Wildman–Crippen MR) is 120 cm³/mol. The van der Waals surface area contributed by atoms with Crippen molar-refractivity contribution in [2.75, 3.05) is 18.0 Å². The molecule has 2 atom stereocenters. The number of piperidine rings is 1. The topological polar surface area (TPSA) is 19.4 Å². The molecule has 0 aliphatic carbocycles. The highest BCUT2D eigenvalue weighted by Crippen LogP contribution is 2.45. The molecule has 3 heterocycles. The first-order valence-corrected chi connectivity index (χ1v) is 10.5. The Balaban J connectivity index is 1.41. The fourth-order valence-electron chi connectivity index (χ4n) is 4.85. The van der Waals surface area contributed by atoms with Gasteiger partial charge in [-0.1, -0.05) is 54.1 Å². The summed E-state index contributed by atoms with van der Waals surface area (Å²) < 4.78 is 0. The van der Waals surface area contributed by atoms with Crippen molar-refractivity contribution >= 4 is 11.8 Å². The predicted octanol–water partition coefficient (Wildman–Crippen LogP) is 5.24. The van der Waals surface area contributed by atoms with Gasteiger partial charge in [0, 0.05) is 55.9 Å². The Morgan fingerprint density at radius 1 is 1.07 bits per heavy atom. The normalized spacial score (nSPS) is 21.3. The van der Waals surface area contributed by atoms with Gasteiger partial charge in [0.2, 0.25) is 0 Å². The zero-order chi connectivity index (χ0) is 19.6. The van der Waals surface area contributed by atoms with Crippen molar-refractivity contribution in [3.8, 4) is 0 Å². The molecule has 146 valence electrons. The van der Waals surface area contributed by atoms with E-state index in [1.54, 1.807) is 0 Å². The lowest BCUT2D eigenvalue weighted by molar-refractivity contribution is 0.189. The van der Waals surface area contributed by atoms with E-state index in [0.717, 1.165) is 25.2 Å². The lowest BCUT2D eigenvalue weighted by Gasteiger charge is -2.38. The smallest absolute Gasteiger partial charge is 0.0445 e. The summed E-state index contributed by atoms with van der Waals surface area (Å²) >= 11 is 0. The minimum Gasteiger partial charge on any atom is -0.344 e. The van der Waals surface area contributed by atoms with Crippen molar-refractivity contribution in [1.82, 2.24) is 9.88 Å². The van der Waals surface area contributed by atoms with Crippen molar-refractivity contribution < 1.29 is 0 Å². The summed E-state index contributed by atoms with van der Waals surface area (Å²) in [5.74, 6) is 0.556. The number of nitrogens with zero attached hydrogens (tertiary/aromatic N) is 3. The number of hydrogen-bond donors (Lipinski definition) is 0. The van der Waals surface area contributed by atoms with Gasteiger partial charge in [0.05, 0.1) is 0 Å². The van der Waals surface area contributed by atoms with Gasteiger partial charge in [0.15, 0.2) is 0 Å². The minimum absolute atomic E-state index is 0.534. The molecule has 0 saturated carbocycles. The Hall–Kier alpha value is -2.91. The molecule has 2 aromatic carbocycles. The molecule has 1 aromatic heterocycles. The molecule has 0 radical (unpaired) electrons. The van der Waals surface area contributed by atoms with Crippen LogP contribution < -0.4 is 4.90 Å². The van der Waals surface area contributed by atoms with Crippen LogP contribution in [-0.2, 0) is 6.54 Å². The van der Waals surface area contributed by atoms with Crippen LogP contribution in [0.4, 0.5) is 5.69 Å². The Morgan fingerprint density at radius 2 is 1.97 bits per heavy atom. The summed E-state index contributed by atoms with van der Waals surface area (Å²) in [7, 11) is 0. The molecule has 29 heavy (non-hydrogen) atoms. The van der Waals surface area contributed by atoms with Gasteiger partial charge in [-0.05, 0) is 48.2 Å².